The second kappa shape index (κ2) is 3.56. The molecule has 0 atom stereocenters. The molecule has 0 spiro atoms. The number of amides is 1. The van der Waals surface area contributed by atoms with Crippen LogP contribution in [0.15, 0.2) is 12.1 Å². The minimum absolute atomic E-state index is 0.161. The summed E-state index contributed by atoms with van der Waals surface area (Å²) in [6, 6.07) is 3.30. The number of anilines is 1. The lowest BCUT2D eigenvalue weighted by Crippen LogP contribution is -2.26. The fraction of sp³-hybridized carbons (Fsp3) is 0.417. The van der Waals surface area contributed by atoms with Crippen LogP contribution in [0, 0.1) is 5.82 Å². The Labute approximate surface area is 93.8 Å². The molecule has 4 heteroatoms. The molecule has 1 amide bonds. The van der Waals surface area contributed by atoms with Gasteiger partial charge in [0.2, 0.25) is 5.91 Å². The predicted molar refractivity (Wildman–Crippen MR) is 60.8 cm³/mol. The van der Waals surface area contributed by atoms with Gasteiger partial charge >= 0.3 is 0 Å². The SMILES string of the molecule is CC1(C)C(=O)Nc2c(F)cc(CCN)cc21. The number of rotatable bonds is 2. The molecular formula is C12H15FN2O. The Morgan fingerprint density at radius 2 is 2.12 bits per heavy atom. The number of hydrogen-bond acceptors (Lipinski definition) is 2. The smallest absolute Gasteiger partial charge is 0.234 e. The summed E-state index contributed by atoms with van der Waals surface area (Å²) in [5.74, 6) is -0.536. The molecule has 0 radical (unpaired) electrons. The van der Waals surface area contributed by atoms with E-state index in [-0.39, 0.29) is 11.7 Å². The van der Waals surface area contributed by atoms with E-state index in [1.165, 1.54) is 6.07 Å². The van der Waals surface area contributed by atoms with E-state index in [2.05, 4.69) is 5.32 Å². The highest BCUT2D eigenvalue weighted by Crippen LogP contribution is 2.39. The molecule has 86 valence electrons. The zero-order chi connectivity index (χ0) is 11.9. The quantitative estimate of drug-likeness (QED) is 0.797. The molecule has 1 aromatic rings. The van der Waals surface area contributed by atoms with Gasteiger partial charge in [0, 0.05) is 0 Å². The molecule has 0 saturated heterocycles. The topological polar surface area (TPSA) is 55.1 Å². The Morgan fingerprint density at radius 1 is 1.44 bits per heavy atom. The van der Waals surface area contributed by atoms with Crippen LogP contribution in [-0.4, -0.2) is 12.5 Å². The maximum absolute atomic E-state index is 13.7. The standard InChI is InChI=1S/C12H15FN2O/c1-12(2)8-5-7(3-4-14)6-9(13)10(8)15-11(12)16/h5-6H,3-4,14H2,1-2H3,(H,15,16). The first kappa shape index (κ1) is 11.1. The third kappa shape index (κ3) is 1.50. The van der Waals surface area contributed by atoms with Crippen molar-refractivity contribution in [2.24, 2.45) is 5.73 Å². The number of nitrogens with one attached hydrogen (secondary N) is 1. The minimum atomic E-state index is -0.666. The van der Waals surface area contributed by atoms with Gasteiger partial charge in [-0.2, -0.15) is 0 Å². The molecule has 3 nitrogen and oxygen atoms in total. The highest BCUT2D eigenvalue weighted by atomic mass is 19.1. The lowest BCUT2D eigenvalue weighted by molar-refractivity contribution is -0.119. The van der Waals surface area contributed by atoms with Gasteiger partial charge in [-0.15, -0.1) is 0 Å². The van der Waals surface area contributed by atoms with Crippen molar-refractivity contribution in [2.45, 2.75) is 25.7 Å². The van der Waals surface area contributed by atoms with Crippen LogP contribution >= 0.6 is 0 Å². The molecule has 16 heavy (non-hydrogen) atoms. The van der Waals surface area contributed by atoms with Crippen LogP contribution < -0.4 is 11.1 Å². The van der Waals surface area contributed by atoms with E-state index in [1.807, 2.05) is 6.07 Å². The summed E-state index contributed by atoms with van der Waals surface area (Å²) in [7, 11) is 0. The highest BCUT2D eigenvalue weighted by Gasteiger charge is 2.40. The zero-order valence-electron chi connectivity index (χ0n) is 9.43. The number of carbonyl (C=O) groups excluding carboxylic acids is 1. The molecule has 0 aliphatic carbocycles. The first-order valence-electron chi connectivity index (χ1n) is 5.31. The van der Waals surface area contributed by atoms with Gasteiger partial charge in [-0.3, -0.25) is 4.79 Å². The number of nitrogens with two attached hydrogens (primary N) is 1. The van der Waals surface area contributed by atoms with Gasteiger partial charge in [-0.25, -0.2) is 4.39 Å². The molecule has 0 aromatic heterocycles. The summed E-state index contributed by atoms with van der Waals surface area (Å²) < 4.78 is 13.7. The number of carbonyl (C=O) groups is 1. The summed E-state index contributed by atoms with van der Waals surface area (Å²) >= 11 is 0. The van der Waals surface area contributed by atoms with Gasteiger partial charge in [-0.05, 0) is 44.0 Å². The molecule has 0 fully saturated rings. The second-order valence-corrected chi connectivity index (χ2v) is 4.62. The molecule has 0 saturated carbocycles. The van der Waals surface area contributed by atoms with Gasteiger partial charge in [0.15, 0.2) is 0 Å². The normalized spacial score (nSPS) is 17.1. The largest absolute Gasteiger partial charge is 0.330 e. The van der Waals surface area contributed by atoms with Gasteiger partial charge < -0.3 is 11.1 Å². The number of halogens is 1. The molecule has 1 aliphatic heterocycles. The Hall–Kier alpha value is -1.42. The Kier molecular flexibility index (Phi) is 2.46. The number of benzene rings is 1. The first-order valence-corrected chi connectivity index (χ1v) is 5.31. The lowest BCUT2D eigenvalue weighted by Gasteiger charge is -2.15. The molecule has 2 rings (SSSR count). The van der Waals surface area contributed by atoms with Crippen molar-refractivity contribution in [3.05, 3.63) is 29.1 Å². The van der Waals surface area contributed by atoms with E-state index in [1.54, 1.807) is 13.8 Å². The van der Waals surface area contributed by atoms with E-state index in [0.29, 0.717) is 18.7 Å². The molecule has 1 aliphatic rings. The third-order valence-corrected chi connectivity index (χ3v) is 3.06. The molecule has 0 bridgehead atoms. The van der Waals surface area contributed by atoms with Crippen LogP contribution in [0.3, 0.4) is 0 Å². The minimum Gasteiger partial charge on any atom is -0.330 e. The second-order valence-electron chi connectivity index (χ2n) is 4.62. The van der Waals surface area contributed by atoms with Gasteiger partial charge in [0.1, 0.15) is 5.82 Å². The number of hydrogen-bond donors (Lipinski definition) is 2. The molecule has 1 aromatic carbocycles. The summed E-state index contributed by atoms with van der Waals surface area (Å²) in [5.41, 5.74) is 6.65. The summed E-state index contributed by atoms with van der Waals surface area (Å²) in [5, 5.41) is 2.58. The van der Waals surface area contributed by atoms with Gasteiger partial charge in [0.05, 0.1) is 11.1 Å². The molecule has 1 heterocycles. The van der Waals surface area contributed by atoms with E-state index < -0.39 is 5.41 Å². The van der Waals surface area contributed by atoms with E-state index in [4.69, 9.17) is 5.73 Å². The van der Waals surface area contributed by atoms with E-state index in [0.717, 1.165) is 11.1 Å². The van der Waals surface area contributed by atoms with Crippen LogP contribution in [0.1, 0.15) is 25.0 Å². The van der Waals surface area contributed by atoms with Crippen LogP contribution in [0.2, 0.25) is 0 Å². The average Bonchev–Trinajstić information content (AvgIpc) is 2.42. The third-order valence-electron chi connectivity index (χ3n) is 3.06. The van der Waals surface area contributed by atoms with Crippen molar-refractivity contribution >= 4 is 11.6 Å². The van der Waals surface area contributed by atoms with Gasteiger partial charge in [-0.1, -0.05) is 6.07 Å². The van der Waals surface area contributed by atoms with Crippen LogP contribution in [0.4, 0.5) is 10.1 Å². The van der Waals surface area contributed by atoms with Crippen LogP contribution in [-0.2, 0) is 16.6 Å². The van der Waals surface area contributed by atoms with Crippen LogP contribution in [0.5, 0.6) is 0 Å². The Balaban J connectivity index is 2.56. The van der Waals surface area contributed by atoms with E-state index >= 15 is 0 Å². The molecule has 3 N–H and O–H groups in total. The first-order chi connectivity index (χ1) is 7.46. The predicted octanol–water partition coefficient (Wildman–Crippen LogP) is 1.56. The van der Waals surface area contributed by atoms with Gasteiger partial charge in [0.25, 0.3) is 0 Å². The Morgan fingerprint density at radius 3 is 2.75 bits per heavy atom. The maximum atomic E-state index is 13.7. The highest BCUT2D eigenvalue weighted by molar-refractivity contribution is 6.05. The van der Waals surface area contributed by atoms with Crippen molar-refractivity contribution in [3.63, 3.8) is 0 Å². The number of fused-ring (bicyclic) bond motifs is 1. The summed E-state index contributed by atoms with van der Waals surface area (Å²) in [6.45, 7) is 4.06. The van der Waals surface area contributed by atoms with E-state index in [9.17, 15) is 9.18 Å². The van der Waals surface area contributed by atoms with Crippen molar-refractivity contribution < 1.29 is 9.18 Å². The zero-order valence-corrected chi connectivity index (χ0v) is 9.43. The van der Waals surface area contributed by atoms with Crippen molar-refractivity contribution in [1.29, 1.82) is 0 Å². The van der Waals surface area contributed by atoms with Crippen molar-refractivity contribution in [1.82, 2.24) is 0 Å². The van der Waals surface area contributed by atoms with Crippen molar-refractivity contribution in [3.8, 4) is 0 Å². The van der Waals surface area contributed by atoms with Crippen LogP contribution in [0.25, 0.3) is 0 Å². The summed E-state index contributed by atoms with van der Waals surface area (Å²) in [6.07, 6.45) is 0.620. The Bertz CT molecular complexity index is 455. The maximum Gasteiger partial charge on any atom is 0.234 e. The monoisotopic (exact) mass is 222 g/mol. The lowest BCUT2D eigenvalue weighted by atomic mass is 9.85. The molecular weight excluding hydrogens is 207 g/mol. The average molecular weight is 222 g/mol. The fourth-order valence-corrected chi connectivity index (χ4v) is 1.99. The summed E-state index contributed by atoms with van der Waals surface area (Å²) in [4.78, 5) is 11.7. The molecule has 0 unspecified atom stereocenters. The van der Waals surface area contributed by atoms with Crippen molar-refractivity contribution in [2.75, 3.05) is 11.9 Å². The fourth-order valence-electron chi connectivity index (χ4n) is 1.99.